The molecule has 0 amide bonds. The SMILES string of the molecule is CN(c1c([N+](=O)[O-])cc([N+](=O)[O-])cc1[N+](=O)[O-])[N+](=O)[O-].NCC1CCC(C(=O)Oc2ccc(CCC(=O)O)cc2)CC1. The van der Waals surface area contributed by atoms with E-state index >= 15 is 0 Å². The number of nitro benzene ring substituents is 3. The number of nitrogens with two attached hydrogens (primary N) is 1. The van der Waals surface area contributed by atoms with E-state index in [0.717, 1.165) is 38.3 Å². The highest BCUT2D eigenvalue weighted by Crippen LogP contribution is 2.40. The number of ether oxygens (including phenoxy) is 1. The van der Waals surface area contributed by atoms with Crippen molar-refractivity contribution < 1.29 is 39.2 Å². The van der Waals surface area contributed by atoms with Gasteiger partial charge in [0.2, 0.25) is 0 Å². The minimum absolute atomic E-state index is 0.0329. The Morgan fingerprint density at radius 2 is 1.45 bits per heavy atom. The Labute approximate surface area is 237 Å². The minimum Gasteiger partial charge on any atom is -0.481 e. The van der Waals surface area contributed by atoms with Gasteiger partial charge in [0, 0.05) is 6.42 Å². The molecule has 0 unspecified atom stereocenters. The molecule has 3 N–H and O–H groups in total. The van der Waals surface area contributed by atoms with Crippen LogP contribution in [0.15, 0.2) is 36.4 Å². The number of carbonyl (C=O) groups excluding carboxylic acids is 1. The van der Waals surface area contributed by atoms with Gasteiger partial charge in [-0.1, -0.05) is 17.1 Å². The Bertz CT molecular complexity index is 1310. The number of hydrogen-bond acceptors (Lipinski definition) is 12. The van der Waals surface area contributed by atoms with Gasteiger partial charge in [-0.05, 0) is 62.3 Å². The predicted octanol–water partition coefficient (Wildman–Crippen LogP) is 3.41. The highest BCUT2D eigenvalue weighted by atomic mass is 16.7. The lowest BCUT2D eigenvalue weighted by molar-refractivity contribution is -0.493. The van der Waals surface area contributed by atoms with Crippen LogP contribution in [-0.2, 0) is 16.0 Å². The molecule has 42 heavy (non-hydrogen) atoms. The van der Waals surface area contributed by atoms with Crippen molar-refractivity contribution in [2.45, 2.75) is 38.5 Å². The van der Waals surface area contributed by atoms with Gasteiger partial charge in [0.15, 0.2) is 5.03 Å². The zero-order valence-electron chi connectivity index (χ0n) is 22.3. The molecule has 0 bridgehead atoms. The summed E-state index contributed by atoms with van der Waals surface area (Å²) in [6.07, 6.45) is 4.25. The summed E-state index contributed by atoms with van der Waals surface area (Å²) in [5.41, 5.74) is 2.50. The van der Waals surface area contributed by atoms with Gasteiger partial charge in [-0.25, -0.2) is 10.1 Å². The van der Waals surface area contributed by atoms with Gasteiger partial charge in [-0.15, -0.1) is 0 Å². The van der Waals surface area contributed by atoms with Crippen LogP contribution in [0.1, 0.15) is 37.7 Å². The Balaban J connectivity index is 0.000000295. The van der Waals surface area contributed by atoms with Crippen molar-refractivity contribution in [3.63, 3.8) is 0 Å². The van der Waals surface area contributed by atoms with E-state index in [-0.39, 0.29) is 23.3 Å². The van der Waals surface area contributed by atoms with Crippen molar-refractivity contribution in [3.05, 3.63) is 82.4 Å². The van der Waals surface area contributed by atoms with Crippen molar-refractivity contribution in [2.75, 3.05) is 18.6 Å². The van der Waals surface area contributed by atoms with Crippen LogP contribution in [0.25, 0.3) is 0 Å². The summed E-state index contributed by atoms with van der Waals surface area (Å²) in [5.74, 6) is 0.0365. The lowest BCUT2D eigenvalue weighted by Gasteiger charge is -2.26. The van der Waals surface area contributed by atoms with Crippen molar-refractivity contribution in [1.82, 2.24) is 0 Å². The molecular formula is C24H28N6O12. The standard InChI is InChI=1S/C17H23NO4.C7H5N5O8/c18-11-13-1-6-14(7-2-13)17(21)22-15-8-3-12(4-9-15)5-10-16(19)20;1-8(12(19)20)7-5(10(15)16)2-4(9(13)14)3-6(7)11(17)18/h3-4,8-9,13-14H,1-2,5-7,10-11,18H2,(H,19,20);2-3H,1H3. The summed E-state index contributed by atoms with van der Waals surface area (Å²) in [6.45, 7) is 0.694. The average molecular weight is 593 g/mol. The number of nitro groups is 4. The van der Waals surface area contributed by atoms with E-state index < -0.39 is 48.5 Å². The number of hydrogen-bond donors (Lipinski definition) is 2. The highest BCUT2D eigenvalue weighted by Gasteiger charge is 2.37. The molecule has 3 rings (SSSR count). The van der Waals surface area contributed by atoms with Crippen molar-refractivity contribution in [3.8, 4) is 5.75 Å². The summed E-state index contributed by atoms with van der Waals surface area (Å²) in [5, 5.41) is 50.4. The number of rotatable bonds is 11. The predicted molar refractivity (Wildman–Crippen MR) is 144 cm³/mol. The number of aliphatic carboxylic acids is 1. The Hall–Kier alpha value is -5.26. The highest BCUT2D eigenvalue weighted by molar-refractivity contribution is 5.77. The zero-order valence-corrected chi connectivity index (χ0v) is 22.3. The van der Waals surface area contributed by atoms with E-state index in [1.54, 1.807) is 24.3 Å². The number of benzene rings is 2. The maximum Gasteiger partial charge on any atom is 0.314 e. The molecule has 1 aliphatic rings. The molecule has 0 spiro atoms. The number of hydrazine groups is 1. The summed E-state index contributed by atoms with van der Waals surface area (Å²) in [7, 11) is 0.751. The van der Waals surface area contributed by atoms with Crippen LogP contribution < -0.4 is 15.5 Å². The fourth-order valence-corrected chi connectivity index (χ4v) is 4.20. The third-order valence-electron chi connectivity index (χ3n) is 6.51. The molecule has 2 aromatic carbocycles. The molecule has 226 valence electrons. The molecule has 1 fully saturated rings. The smallest absolute Gasteiger partial charge is 0.314 e. The summed E-state index contributed by atoms with van der Waals surface area (Å²) < 4.78 is 5.42. The van der Waals surface area contributed by atoms with E-state index in [4.69, 9.17) is 15.6 Å². The Morgan fingerprint density at radius 3 is 1.86 bits per heavy atom. The quantitative estimate of drug-likeness (QED) is 0.164. The van der Waals surface area contributed by atoms with Gasteiger partial charge in [0.05, 0.1) is 39.9 Å². The number of non-ortho nitro benzene ring substituents is 1. The van der Waals surface area contributed by atoms with Gasteiger partial charge in [0.1, 0.15) is 5.75 Å². The third-order valence-corrected chi connectivity index (χ3v) is 6.51. The van der Waals surface area contributed by atoms with Gasteiger partial charge in [-0.3, -0.25) is 39.9 Å². The molecule has 0 aromatic heterocycles. The fraction of sp³-hybridized carbons (Fsp3) is 0.417. The summed E-state index contributed by atoms with van der Waals surface area (Å²) >= 11 is 0. The molecule has 18 heteroatoms. The average Bonchev–Trinajstić information content (AvgIpc) is 2.95. The van der Waals surface area contributed by atoms with E-state index in [2.05, 4.69) is 0 Å². The van der Waals surface area contributed by atoms with Crippen molar-refractivity contribution in [2.24, 2.45) is 17.6 Å². The summed E-state index contributed by atoms with van der Waals surface area (Å²) in [4.78, 5) is 62.1. The maximum absolute atomic E-state index is 12.1. The lowest BCUT2D eigenvalue weighted by atomic mass is 9.82. The van der Waals surface area contributed by atoms with Crippen LogP contribution >= 0.6 is 0 Å². The molecule has 1 saturated carbocycles. The van der Waals surface area contributed by atoms with Gasteiger partial charge < -0.3 is 15.6 Å². The topological polar surface area (TPSA) is 265 Å². The van der Waals surface area contributed by atoms with Crippen LogP contribution in [0.5, 0.6) is 5.75 Å². The Kier molecular flexibility index (Phi) is 11.7. The number of aryl methyl sites for hydroxylation is 1. The van der Waals surface area contributed by atoms with Crippen molar-refractivity contribution >= 4 is 34.7 Å². The number of carboxylic acid groups (broad SMARTS) is 1. The zero-order chi connectivity index (χ0) is 31.6. The number of carboxylic acids is 1. The molecule has 0 atom stereocenters. The maximum atomic E-state index is 12.1. The lowest BCUT2D eigenvalue weighted by Crippen LogP contribution is -2.28. The first-order valence-electron chi connectivity index (χ1n) is 12.5. The monoisotopic (exact) mass is 592 g/mol. The molecule has 0 radical (unpaired) electrons. The second-order valence-electron chi connectivity index (χ2n) is 9.28. The van der Waals surface area contributed by atoms with E-state index in [1.807, 2.05) is 0 Å². The van der Waals surface area contributed by atoms with Gasteiger partial charge in [0.25, 0.3) is 11.4 Å². The van der Waals surface area contributed by atoms with Gasteiger partial charge in [-0.2, -0.15) is 0 Å². The number of anilines is 1. The fourth-order valence-electron chi connectivity index (χ4n) is 4.20. The second-order valence-corrected chi connectivity index (χ2v) is 9.28. The van der Waals surface area contributed by atoms with E-state index in [9.17, 15) is 50.0 Å². The van der Waals surface area contributed by atoms with Crippen molar-refractivity contribution in [1.29, 1.82) is 0 Å². The molecule has 0 aliphatic heterocycles. The summed E-state index contributed by atoms with van der Waals surface area (Å²) in [6, 6.07) is 7.89. The molecule has 1 aliphatic carbocycles. The first-order chi connectivity index (χ1) is 19.7. The van der Waals surface area contributed by atoms with E-state index in [1.165, 1.54) is 0 Å². The second kappa shape index (κ2) is 14.9. The van der Waals surface area contributed by atoms with Crippen LogP contribution in [0.4, 0.5) is 22.7 Å². The largest absolute Gasteiger partial charge is 0.481 e. The first-order valence-corrected chi connectivity index (χ1v) is 12.5. The number of carbonyl (C=O) groups is 2. The third kappa shape index (κ3) is 9.15. The Morgan fingerprint density at radius 1 is 0.929 bits per heavy atom. The number of esters is 1. The minimum atomic E-state index is -1.17. The first kappa shape index (κ1) is 32.9. The normalized spacial score (nSPS) is 15.9. The molecule has 2 aromatic rings. The van der Waals surface area contributed by atoms with Crippen LogP contribution in [0, 0.1) is 52.3 Å². The molecular weight excluding hydrogens is 564 g/mol. The molecule has 0 heterocycles. The van der Waals surface area contributed by atoms with Crippen LogP contribution in [0.3, 0.4) is 0 Å². The van der Waals surface area contributed by atoms with E-state index in [0.29, 0.717) is 36.8 Å². The number of nitrogens with zero attached hydrogens (tertiary/aromatic N) is 5. The van der Waals surface area contributed by atoms with Crippen LogP contribution in [-0.4, -0.2) is 50.4 Å². The molecule has 18 nitrogen and oxygen atoms in total. The molecule has 0 saturated heterocycles. The van der Waals surface area contributed by atoms with Gasteiger partial charge >= 0.3 is 23.3 Å². The van der Waals surface area contributed by atoms with Crippen LogP contribution in [0.2, 0.25) is 0 Å².